The lowest BCUT2D eigenvalue weighted by molar-refractivity contribution is -0.122. The summed E-state index contributed by atoms with van der Waals surface area (Å²) in [5.41, 5.74) is 2.79. The van der Waals surface area contributed by atoms with Crippen LogP contribution >= 0.6 is 0 Å². The molecule has 1 unspecified atom stereocenters. The standard InChI is InChI=1S/C22H26N2O3/c1-3-13-27-20-11-9-19(10-12-20)24-15-17(14-21(24)25)22(26)23-18-7-5-16(4-2)6-8-18/h5-12,17H,3-4,13-15H2,1-2H3,(H,23,26). The van der Waals surface area contributed by atoms with Crippen molar-refractivity contribution in [1.82, 2.24) is 0 Å². The second-order valence-corrected chi connectivity index (χ2v) is 6.79. The van der Waals surface area contributed by atoms with Crippen LogP contribution in [-0.2, 0) is 16.0 Å². The van der Waals surface area contributed by atoms with Gasteiger partial charge in [-0.1, -0.05) is 26.0 Å². The fourth-order valence-electron chi connectivity index (χ4n) is 3.14. The highest BCUT2D eigenvalue weighted by Gasteiger charge is 2.35. The number of aryl methyl sites for hydroxylation is 1. The highest BCUT2D eigenvalue weighted by molar-refractivity contribution is 6.03. The Kier molecular flexibility index (Phi) is 6.12. The van der Waals surface area contributed by atoms with Gasteiger partial charge in [-0.25, -0.2) is 0 Å². The molecular formula is C22H26N2O3. The van der Waals surface area contributed by atoms with E-state index in [9.17, 15) is 9.59 Å². The Hall–Kier alpha value is -2.82. The first-order chi connectivity index (χ1) is 13.1. The maximum absolute atomic E-state index is 12.6. The number of anilines is 2. The maximum atomic E-state index is 12.6. The molecule has 5 heteroatoms. The zero-order chi connectivity index (χ0) is 19.2. The summed E-state index contributed by atoms with van der Waals surface area (Å²) < 4.78 is 5.57. The number of rotatable bonds is 7. The minimum Gasteiger partial charge on any atom is -0.494 e. The highest BCUT2D eigenvalue weighted by Crippen LogP contribution is 2.27. The van der Waals surface area contributed by atoms with Crippen LogP contribution in [-0.4, -0.2) is 25.0 Å². The van der Waals surface area contributed by atoms with Crippen LogP contribution in [0.5, 0.6) is 5.75 Å². The Labute approximate surface area is 160 Å². The molecule has 0 radical (unpaired) electrons. The second kappa shape index (κ2) is 8.71. The van der Waals surface area contributed by atoms with E-state index in [1.165, 1.54) is 5.56 Å². The van der Waals surface area contributed by atoms with Crippen molar-refractivity contribution in [2.45, 2.75) is 33.1 Å². The van der Waals surface area contributed by atoms with E-state index in [-0.39, 0.29) is 24.2 Å². The number of ether oxygens (including phenoxy) is 1. The summed E-state index contributed by atoms with van der Waals surface area (Å²) in [4.78, 5) is 26.6. The number of amides is 2. The Morgan fingerprint density at radius 2 is 1.81 bits per heavy atom. The van der Waals surface area contributed by atoms with E-state index >= 15 is 0 Å². The zero-order valence-corrected chi connectivity index (χ0v) is 15.9. The summed E-state index contributed by atoms with van der Waals surface area (Å²) in [6, 6.07) is 15.3. The zero-order valence-electron chi connectivity index (χ0n) is 15.9. The molecule has 0 saturated carbocycles. The van der Waals surface area contributed by atoms with E-state index in [0.717, 1.165) is 30.0 Å². The predicted octanol–water partition coefficient (Wildman–Crippen LogP) is 4.03. The smallest absolute Gasteiger partial charge is 0.229 e. The number of benzene rings is 2. The minimum atomic E-state index is -0.348. The van der Waals surface area contributed by atoms with E-state index < -0.39 is 0 Å². The molecule has 1 N–H and O–H groups in total. The van der Waals surface area contributed by atoms with Gasteiger partial charge in [0.1, 0.15) is 5.75 Å². The van der Waals surface area contributed by atoms with Gasteiger partial charge < -0.3 is 15.0 Å². The minimum absolute atomic E-state index is 0.0290. The molecule has 0 aliphatic carbocycles. The summed E-state index contributed by atoms with van der Waals surface area (Å²) in [5.74, 6) is 0.299. The summed E-state index contributed by atoms with van der Waals surface area (Å²) in [6.45, 7) is 5.21. The van der Waals surface area contributed by atoms with Gasteiger partial charge in [-0.15, -0.1) is 0 Å². The van der Waals surface area contributed by atoms with Gasteiger partial charge in [0.2, 0.25) is 11.8 Å². The molecule has 0 bridgehead atoms. The molecule has 2 aromatic carbocycles. The first-order valence-corrected chi connectivity index (χ1v) is 9.53. The highest BCUT2D eigenvalue weighted by atomic mass is 16.5. The van der Waals surface area contributed by atoms with Gasteiger partial charge in [0.25, 0.3) is 0 Å². The van der Waals surface area contributed by atoms with Gasteiger partial charge in [0.05, 0.1) is 12.5 Å². The molecule has 5 nitrogen and oxygen atoms in total. The number of nitrogens with zero attached hydrogens (tertiary/aromatic N) is 1. The average Bonchev–Trinajstić information content (AvgIpc) is 3.09. The fraction of sp³-hybridized carbons (Fsp3) is 0.364. The van der Waals surface area contributed by atoms with Gasteiger partial charge in [-0.05, 0) is 54.8 Å². The number of hydrogen-bond acceptors (Lipinski definition) is 3. The molecule has 1 aliphatic rings. The van der Waals surface area contributed by atoms with Crippen LogP contribution in [0, 0.1) is 5.92 Å². The third-order valence-corrected chi connectivity index (χ3v) is 4.75. The largest absolute Gasteiger partial charge is 0.494 e. The number of carbonyl (C=O) groups excluding carboxylic acids is 2. The SMILES string of the molecule is CCCOc1ccc(N2CC(C(=O)Nc3ccc(CC)cc3)CC2=O)cc1. The van der Waals surface area contributed by atoms with Gasteiger partial charge in [-0.3, -0.25) is 9.59 Å². The summed E-state index contributed by atoms with van der Waals surface area (Å²) >= 11 is 0. The molecule has 142 valence electrons. The first kappa shape index (κ1) is 19.0. The van der Waals surface area contributed by atoms with Crippen molar-refractivity contribution in [2.24, 2.45) is 5.92 Å². The summed E-state index contributed by atoms with van der Waals surface area (Å²) in [6.07, 6.45) is 2.14. The van der Waals surface area contributed by atoms with Crippen molar-refractivity contribution in [2.75, 3.05) is 23.4 Å². The van der Waals surface area contributed by atoms with Crippen LogP contribution in [0.15, 0.2) is 48.5 Å². The van der Waals surface area contributed by atoms with E-state index in [4.69, 9.17) is 4.74 Å². The Morgan fingerprint density at radius 3 is 2.44 bits per heavy atom. The van der Waals surface area contributed by atoms with Crippen LogP contribution < -0.4 is 15.0 Å². The Balaban J connectivity index is 1.61. The third-order valence-electron chi connectivity index (χ3n) is 4.75. The molecule has 1 fully saturated rings. The Morgan fingerprint density at radius 1 is 1.11 bits per heavy atom. The quantitative estimate of drug-likeness (QED) is 0.805. The molecule has 2 amide bonds. The monoisotopic (exact) mass is 366 g/mol. The molecule has 2 aromatic rings. The molecule has 1 heterocycles. The Bertz CT molecular complexity index is 784. The van der Waals surface area contributed by atoms with Crippen molar-refractivity contribution in [1.29, 1.82) is 0 Å². The van der Waals surface area contributed by atoms with E-state index in [1.807, 2.05) is 48.5 Å². The normalized spacial score (nSPS) is 16.4. The van der Waals surface area contributed by atoms with Crippen LogP contribution in [0.1, 0.15) is 32.3 Å². The van der Waals surface area contributed by atoms with Crippen LogP contribution in [0.2, 0.25) is 0 Å². The van der Waals surface area contributed by atoms with Crippen molar-refractivity contribution in [3.8, 4) is 5.75 Å². The lowest BCUT2D eigenvalue weighted by Gasteiger charge is -2.17. The maximum Gasteiger partial charge on any atom is 0.229 e. The lowest BCUT2D eigenvalue weighted by Crippen LogP contribution is -2.28. The molecular weight excluding hydrogens is 340 g/mol. The van der Waals surface area contributed by atoms with Crippen LogP contribution in [0.25, 0.3) is 0 Å². The molecule has 1 aliphatic heterocycles. The van der Waals surface area contributed by atoms with E-state index in [1.54, 1.807) is 4.90 Å². The lowest BCUT2D eigenvalue weighted by atomic mass is 10.1. The molecule has 0 spiro atoms. The molecule has 1 saturated heterocycles. The second-order valence-electron chi connectivity index (χ2n) is 6.79. The first-order valence-electron chi connectivity index (χ1n) is 9.53. The van der Waals surface area contributed by atoms with Gasteiger partial charge >= 0.3 is 0 Å². The van der Waals surface area contributed by atoms with Gasteiger partial charge in [0, 0.05) is 24.3 Å². The van der Waals surface area contributed by atoms with E-state index in [0.29, 0.717) is 13.2 Å². The summed E-state index contributed by atoms with van der Waals surface area (Å²) in [5, 5.41) is 2.92. The molecule has 0 aromatic heterocycles. The summed E-state index contributed by atoms with van der Waals surface area (Å²) in [7, 11) is 0. The van der Waals surface area contributed by atoms with Gasteiger partial charge in [-0.2, -0.15) is 0 Å². The topological polar surface area (TPSA) is 58.6 Å². The van der Waals surface area contributed by atoms with Gasteiger partial charge in [0.15, 0.2) is 0 Å². The number of nitrogens with one attached hydrogen (secondary N) is 1. The third kappa shape index (κ3) is 4.67. The van der Waals surface area contributed by atoms with Crippen molar-refractivity contribution in [3.63, 3.8) is 0 Å². The predicted molar refractivity (Wildman–Crippen MR) is 107 cm³/mol. The number of hydrogen-bond donors (Lipinski definition) is 1. The molecule has 1 atom stereocenters. The molecule has 3 rings (SSSR count). The molecule has 27 heavy (non-hydrogen) atoms. The van der Waals surface area contributed by atoms with Crippen molar-refractivity contribution < 1.29 is 14.3 Å². The average molecular weight is 366 g/mol. The van der Waals surface area contributed by atoms with Crippen molar-refractivity contribution >= 4 is 23.2 Å². The fourth-order valence-corrected chi connectivity index (χ4v) is 3.14. The van der Waals surface area contributed by atoms with Crippen LogP contribution in [0.3, 0.4) is 0 Å². The van der Waals surface area contributed by atoms with E-state index in [2.05, 4.69) is 19.2 Å². The van der Waals surface area contributed by atoms with Crippen molar-refractivity contribution in [3.05, 3.63) is 54.1 Å². The number of carbonyl (C=O) groups is 2. The van der Waals surface area contributed by atoms with Crippen LogP contribution in [0.4, 0.5) is 11.4 Å².